The molecule has 0 radical (unpaired) electrons. The molecule has 0 amide bonds. The van der Waals surface area contributed by atoms with Crippen molar-refractivity contribution in [3.8, 4) is 0 Å². The number of hydrogen-bond acceptors (Lipinski definition) is 3. The summed E-state index contributed by atoms with van der Waals surface area (Å²) in [6.45, 7) is 0.406. The Kier molecular flexibility index (Phi) is 2.82. The summed E-state index contributed by atoms with van der Waals surface area (Å²) in [6, 6.07) is 1.54. The Morgan fingerprint density at radius 3 is 2.41 bits per heavy atom. The molecule has 1 aliphatic rings. The van der Waals surface area contributed by atoms with Crippen LogP contribution in [0.25, 0.3) is 0 Å². The van der Waals surface area contributed by atoms with Crippen LogP contribution in [0.3, 0.4) is 0 Å². The van der Waals surface area contributed by atoms with Crippen molar-refractivity contribution in [3.05, 3.63) is 39.4 Å². The van der Waals surface area contributed by atoms with E-state index in [1.165, 1.54) is 0 Å². The van der Waals surface area contributed by atoms with Gasteiger partial charge >= 0.3 is 0 Å². The second kappa shape index (κ2) is 4.03. The van der Waals surface area contributed by atoms with Gasteiger partial charge in [0.1, 0.15) is 0 Å². The first-order chi connectivity index (χ1) is 7.97. The van der Waals surface area contributed by atoms with Crippen LogP contribution >= 0.6 is 0 Å². The van der Waals surface area contributed by atoms with Crippen molar-refractivity contribution in [2.75, 3.05) is 6.54 Å². The summed E-state index contributed by atoms with van der Waals surface area (Å²) in [7, 11) is 0. The molecule has 0 heterocycles. The molecule has 92 valence electrons. The van der Waals surface area contributed by atoms with Gasteiger partial charge in [-0.1, -0.05) is 0 Å². The fourth-order valence-corrected chi connectivity index (χ4v) is 1.92. The van der Waals surface area contributed by atoms with Crippen LogP contribution in [0.4, 0.5) is 14.5 Å². The van der Waals surface area contributed by atoms with E-state index >= 15 is 0 Å². The minimum Gasteiger partial charge on any atom is -0.330 e. The van der Waals surface area contributed by atoms with Crippen LogP contribution < -0.4 is 5.73 Å². The molecule has 0 aliphatic heterocycles. The van der Waals surface area contributed by atoms with Crippen LogP contribution in [0, 0.1) is 27.2 Å². The fourth-order valence-electron chi connectivity index (χ4n) is 1.92. The summed E-state index contributed by atoms with van der Waals surface area (Å²) in [5, 5.41) is 10.8. The maximum absolute atomic E-state index is 13.1. The molecule has 6 heteroatoms. The largest absolute Gasteiger partial charge is 0.330 e. The minimum atomic E-state index is -1.20. The molecule has 1 aliphatic carbocycles. The van der Waals surface area contributed by atoms with Gasteiger partial charge in [0, 0.05) is 5.56 Å². The van der Waals surface area contributed by atoms with Crippen LogP contribution in [0.15, 0.2) is 12.1 Å². The van der Waals surface area contributed by atoms with Gasteiger partial charge in [0.25, 0.3) is 5.69 Å². The normalized spacial score (nSPS) is 16.9. The van der Waals surface area contributed by atoms with Crippen LogP contribution in [0.2, 0.25) is 0 Å². The number of nitro benzene ring substituents is 1. The quantitative estimate of drug-likeness (QED) is 0.649. The first-order valence-electron chi connectivity index (χ1n) is 5.30. The third-order valence-corrected chi connectivity index (χ3v) is 3.27. The van der Waals surface area contributed by atoms with Gasteiger partial charge in [-0.3, -0.25) is 10.1 Å². The molecule has 2 rings (SSSR count). The Balaban J connectivity index is 2.37. The lowest BCUT2D eigenvalue weighted by Gasteiger charge is -2.12. The van der Waals surface area contributed by atoms with Gasteiger partial charge in [-0.2, -0.15) is 0 Å². The molecule has 1 saturated carbocycles. The number of nitrogens with two attached hydrogens (primary N) is 1. The fraction of sp³-hybridized carbons (Fsp3) is 0.455. The number of hydrogen-bond donors (Lipinski definition) is 1. The van der Waals surface area contributed by atoms with E-state index in [1.807, 2.05) is 0 Å². The molecule has 17 heavy (non-hydrogen) atoms. The molecule has 4 nitrogen and oxygen atoms in total. The predicted octanol–water partition coefficient (Wildman–Crippen LogP) is 2.15. The standard InChI is InChI=1S/C11H12F2N2O2/c12-8-3-7(5-11(6-14)1-2-11)10(15(16)17)4-9(8)13/h3-4H,1-2,5-6,14H2. The average Bonchev–Trinajstić information content (AvgIpc) is 3.03. The van der Waals surface area contributed by atoms with Crippen molar-refractivity contribution in [3.63, 3.8) is 0 Å². The summed E-state index contributed by atoms with van der Waals surface area (Å²) < 4.78 is 26.0. The molecule has 0 bridgehead atoms. The van der Waals surface area contributed by atoms with Crippen molar-refractivity contribution in [1.29, 1.82) is 0 Å². The first-order valence-corrected chi connectivity index (χ1v) is 5.30. The lowest BCUT2D eigenvalue weighted by atomic mass is 9.95. The predicted molar refractivity (Wildman–Crippen MR) is 57.4 cm³/mol. The molecule has 0 unspecified atom stereocenters. The van der Waals surface area contributed by atoms with Crippen molar-refractivity contribution < 1.29 is 13.7 Å². The van der Waals surface area contributed by atoms with Crippen molar-refractivity contribution in [1.82, 2.24) is 0 Å². The molecule has 2 N–H and O–H groups in total. The van der Waals surface area contributed by atoms with Crippen molar-refractivity contribution >= 4 is 5.69 Å². The van der Waals surface area contributed by atoms with Gasteiger partial charge in [0.2, 0.25) is 0 Å². The highest BCUT2D eigenvalue weighted by Crippen LogP contribution is 2.48. The van der Waals surface area contributed by atoms with Gasteiger partial charge in [-0.15, -0.1) is 0 Å². The monoisotopic (exact) mass is 242 g/mol. The molecule has 0 atom stereocenters. The highest BCUT2D eigenvalue weighted by atomic mass is 19.2. The van der Waals surface area contributed by atoms with Crippen LogP contribution in [-0.4, -0.2) is 11.5 Å². The van der Waals surface area contributed by atoms with Crippen molar-refractivity contribution in [2.24, 2.45) is 11.1 Å². The molecule has 0 saturated heterocycles. The Morgan fingerprint density at radius 2 is 1.94 bits per heavy atom. The zero-order valence-electron chi connectivity index (χ0n) is 9.08. The molecule has 0 aromatic heterocycles. The average molecular weight is 242 g/mol. The minimum absolute atomic E-state index is 0.158. The zero-order chi connectivity index (χ0) is 12.6. The molecule has 1 fully saturated rings. The summed E-state index contributed by atoms with van der Waals surface area (Å²) in [5.41, 5.74) is 5.26. The molecular formula is C11H12F2N2O2. The molecule has 1 aromatic rings. The second-order valence-corrected chi connectivity index (χ2v) is 4.53. The molecule has 1 aromatic carbocycles. The Hall–Kier alpha value is -1.56. The smallest absolute Gasteiger partial charge is 0.275 e. The number of nitro groups is 1. The number of nitrogens with zero attached hydrogens (tertiary/aromatic N) is 1. The Morgan fingerprint density at radius 1 is 1.35 bits per heavy atom. The van der Waals surface area contributed by atoms with Gasteiger partial charge < -0.3 is 5.73 Å². The highest BCUT2D eigenvalue weighted by molar-refractivity contribution is 5.42. The van der Waals surface area contributed by atoms with Gasteiger partial charge in [0.05, 0.1) is 11.0 Å². The Labute approximate surface area is 96.6 Å². The van der Waals surface area contributed by atoms with Gasteiger partial charge in [-0.05, 0) is 37.3 Å². The summed E-state index contributed by atoms with van der Waals surface area (Å²) >= 11 is 0. The van der Waals surface area contributed by atoms with E-state index in [9.17, 15) is 18.9 Å². The maximum Gasteiger partial charge on any atom is 0.275 e. The van der Waals surface area contributed by atoms with Gasteiger partial charge in [0.15, 0.2) is 11.6 Å². The number of benzene rings is 1. The van der Waals surface area contributed by atoms with Gasteiger partial charge in [-0.25, -0.2) is 8.78 Å². The zero-order valence-corrected chi connectivity index (χ0v) is 9.08. The SMILES string of the molecule is NCC1(Cc2cc(F)c(F)cc2[N+](=O)[O-])CC1. The van der Waals surface area contributed by atoms with E-state index in [2.05, 4.69) is 0 Å². The summed E-state index contributed by atoms with van der Waals surface area (Å²) in [5.74, 6) is -2.25. The first kappa shape index (κ1) is 11.9. The van der Waals surface area contributed by atoms with E-state index in [4.69, 9.17) is 5.73 Å². The van der Waals surface area contributed by atoms with E-state index in [-0.39, 0.29) is 16.7 Å². The van der Waals surface area contributed by atoms with Crippen LogP contribution in [0.1, 0.15) is 18.4 Å². The lowest BCUT2D eigenvalue weighted by Crippen LogP contribution is -2.18. The van der Waals surface area contributed by atoms with Crippen LogP contribution in [0.5, 0.6) is 0 Å². The van der Waals surface area contributed by atoms with Crippen molar-refractivity contribution in [2.45, 2.75) is 19.3 Å². The lowest BCUT2D eigenvalue weighted by molar-refractivity contribution is -0.385. The highest BCUT2D eigenvalue weighted by Gasteiger charge is 2.42. The maximum atomic E-state index is 13.1. The van der Waals surface area contributed by atoms with E-state index < -0.39 is 16.6 Å². The third-order valence-electron chi connectivity index (χ3n) is 3.27. The topological polar surface area (TPSA) is 69.2 Å². The Bertz CT molecular complexity index is 473. The van der Waals surface area contributed by atoms with E-state index in [0.29, 0.717) is 19.0 Å². The van der Waals surface area contributed by atoms with Crippen LogP contribution in [-0.2, 0) is 6.42 Å². The number of rotatable bonds is 4. The summed E-state index contributed by atoms with van der Waals surface area (Å²) in [6.07, 6.45) is 2.08. The molecular weight excluding hydrogens is 230 g/mol. The second-order valence-electron chi connectivity index (χ2n) is 4.53. The number of halogens is 2. The van der Waals surface area contributed by atoms with E-state index in [0.717, 1.165) is 18.9 Å². The summed E-state index contributed by atoms with van der Waals surface area (Å²) in [4.78, 5) is 10.1. The van der Waals surface area contributed by atoms with E-state index in [1.54, 1.807) is 0 Å². The molecule has 0 spiro atoms. The third kappa shape index (κ3) is 2.26.